The van der Waals surface area contributed by atoms with Crippen molar-refractivity contribution in [3.05, 3.63) is 0 Å². The number of fused-ring (bicyclic) bond motifs is 2. The number of aliphatic hydroxyl groups excluding tert-OH is 1. The molecule has 1 saturated heterocycles. The van der Waals surface area contributed by atoms with Crippen molar-refractivity contribution in [3.63, 3.8) is 0 Å². The monoisotopic (exact) mass is 127 g/mol. The van der Waals surface area contributed by atoms with Crippen LogP contribution in [0.3, 0.4) is 0 Å². The first-order valence-corrected chi connectivity index (χ1v) is 3.76. The molecule has 0 aromatic rings. The van der Waals surface area contributed by atoms with Crippen LogP contribution in [0.2, 0.25) is 0 Å². The Bertz CT molecular complexity index is 99.5. The molecule has 0 spiro atoms. The van der Waals surface area contributed by atoms with Crippen molar-refractivity contribution in [3.8, 4) is 0 Å². The van der Waals surface area contributed by atoms with Crippen molar-refractivity contribution in [1.29, 1.82) is 0 Å². The van der Waals surface area contributed by atoms with E-state index in [1.165, 1.54) is 12.8 Å². The van der Waals surface area contributed by atoms with Gasteiger partial charge in [-0.05, 0) is 24.7 Å². The zero-order valence-electron chi connectivity index (χ0n) is 5.51. The molecular formula is C7H13NO. The van der Waals surface area contributed by atoms with Gasteiger partial charge in [0.05, 0.1) is 6.10 Å². The lowest BCUT2D eigenvalue weighted by Gasteiger charge is -2.25. The van der Waals surface area contributed by atoms with E-state index in [-0.39, 0.29) is 6.10 Å². The summed E-state index contributed by atoms with van der Waals surface area (Å²) in [5, 5.41) is 12.8. The summed E-state index contributed by atoms with van der Waals surface area (Å²) >= 11 is 0. The molecule has 2 heteroatoms. The van der Waals surface area contributed by atoms with Crippen molar-refractivity contribution in [2.45, 2.75) is 18.9 Å². The first kappa shape index (κ1) is 5.69. The van der Waals surface area contributed by atoms with Gasteiger partial charge in [0, 0.05) is 13.1 Å². The van der Waals surface area contributed by atoms with E-state index in [9.17, 15) is 5.11 Å². The van der Waals surface area contributed by atoms with Gasteiger partial charge in [0.25, 0.3) is 0 Å². The first-order chi connectivity index (χ1) is 4.38. The zero-order valence-corrected chi connectivity index (χ0v) is 5.51. The van der Waals surface area contributed by atoms with E-state index in [1.54, 1.807) is 0 Å². The molecule has 2 bridgehead atoms. The highest BCUT2D eigenvalue weighted by atomic mass is 16.3. The second kappa shape index (κ2) is 1.96. The van der Waals surface area contributed by atoms with Crippen LogP contribution in [0.4, 0.5) is 0 Å². The quantitative estimate of drug-likeness (QED) is 0.479. The minimum absolute atomic E-state index is 0.0197. The Kier molecular flexibility index (Phi) is 1.24. The molecule has 2 rings (SSSR count). The first-order valence-electron chi connectivity index (χ1n) is 3.76. The largest absolute Gasteiger partial charge is 0.392 e. The summed E-state index contributed by atoms with van der Waals surface area (Å²) in [4.78, 5) is 0. The SMILES string of the molecule is OC1[C@H]2CC[C@H]1CNC2. The van der Waals surface area contributed by atoms with Gasteiger partial charge in [0.15, 0.2) is 0 Å². The average molecular weight is 127 g/mol. The van der Waals surface area contributed by atoms with E-state index in [2.05, 4.69) is 5.32 Å². The molecule has 52 valence electrons. The molecule has 1 aliphatic carbocycles. The Hall–Kier alpha value is -0.0800. The molecule has 0 amide bonds. The number of rotatable bonds is 0. The van der Waals surface area contributed by atoms with Gasteiger partial charge in [-0.2, -0.15) is 0 Å². The lowest BCUT2D eigenvalue weighted by Crippen LogP contribution is -2.41. The van der Waals surface area contributed by atoms with Gasteiger partial charge in [-0.3, -0.25) is 0 Å². The topological polar surface area (TPSA) is 32.3 Å². The summed E-state index contributed by atoms with van der Waals surface area (Å²) in [6.45, 7) is 2.08. The van der Waals surface area contributed by atoms with Crippen molar-refractivity contribution in [2.24, 2.45) is 11.8 Å². The predicted molar refractivity (Wildman–Crippen MR) is 35.1 cm³/mol. The Balaban J connectivity index is 2.10. The average Bonchev–Trinajstić information content (AvgIpc) is 2.19. The van der Waals surface area contributed by atoms with Crippen LogP contribution in [0.25, 0.3) is 0 Å². The second-order valence-corrected chi connectivity index (χ2v) is 3.25. The lowest BCUT2D eigenvalue weighted by molar-refractivity contribution is 0.0700. The fraction of sp³-hybridized carbons (Fsp3) is 1.00. The molecule has 0 aromatic heterocycles. The molecule has 2 N–H and O–H groups in total. The molecule has 0 unspecified atom stereocenters. The maximum atomic E-state index is 9.47. The van der Waals surface area contributed by atoms with E-state index in [0.717, 1.165) is 13.1 Å². The molecule has 0 radical (unpaired) electrons. The van der Waals surface area contributed by atoms with E-state index in [4.69, 9.17) is 0 Å². The molecule has 1 heterocycles. The summed E-state index contributed by atoms with van der Waals surface area (Å²) in [6, 6.07) is 0. The highest BCUT2D eigenvalue weighted by Gasteiger charge is 2.37. The lowest BCUT2D eigenvalue weighted by atomic mass is 9.97. The molecule has 2 fully saturated rings. The van der Waals surface area contributed by atoms with Crippen LogP contribution < -0.4 is 5.32 Å². The minimum atomic E-state index is 0.0197. The van der Waals surface area contributed by atoms with Crippen LogP contribution in [0.15, 0.2) is 0 Å². The van der Waals surface area contributed by atoms with E-state index in [0.29, 0.717) is 11.8 Å². The smallest absolute Gasteiger partial charge is 0.0620 e. The molecule has 0 aromatic carbocycles. The fourth-order valence-corrected chi connectivity index (χ4v) is 2.05. The Labute approximate surface area is 55.3 Å². The van der Waals surface area contributed by atoms with Gasteiger partial charge in [-0.25, -0.2) is 0 Å². The highest BCUT2D eigenvalue weighted by Crippen LogP contribution is 2.32. The maximum absolute atomic E-state index is 9.47. The summed E-state index contributed by atoms with van der Waals surface area (Å²) in [5.74, 6) is 1.15. The van der Waals surface area contributed by atoms with Crippen LogP contribution in [-0.4, -0.2) is 24.3 Å². The summed E-state index contributed by atoms with van der Waals surface area (Å²) in [5.41, 5.74) is 0. The molecule has 9 heavy (non-hydrogen) atoms. The van der Waals surface area contributed by atoms with Gasteiger partial charge in [-0.15, -0.1) is 0 Å². The minimum Gasteiger partial charge on any atom is -0.392 e. The Morgan fingerprint density at radius 2 is 1.67 bits per heavy atom. The Morgan fingerprint density at radius 1 is 1.11 bits per heavy atom. The standard InChI is InChI=1S/C7H13NO/c9-7-5-1-2-6(7)4-8-3-5/h5-9H,1-4H2/t5-,6-/m0/s1. The third-order valence-electron chi connectivity index (χ3n) is 2.69. The van der Waals surface area contributed by atoms with Crippen LogP contribution >= 0.6 is 0 Å². The molecule has 1 aliphatic heterocycles. The second-order valence-electron chi connectivity index (χ2n) is 3.25. The van der Waals surface area contributed by atoms with Crippen LogP contribution in [0.5, 0.6) is 0 Å². The van der Waals surface area contributed by atoms with E-state index < -0.39 is 0 Å². The van der Waals surface area contributed by atoms with Gasteiger partial charge < -0.3 is 10.4 Å². The molecule has 1 saturated carbocycles. The maximum Gasteiger partial charge on any atom is 0.0620 e. The third-order valence-corrected chi connectivity index (χ3v) is 2.69. The van der Waals surface area contributed by atoms with E-state index >= 15 is 0 Å². The number of aliphatic hydroxyl groups is 1. The molecule has 2 atom stereocenters. The molecule has 2 aliphatic rings. The molecular weight excluding hydrogens is 114 g/mol. The summed E-state index contributed by atoms with van der Waals surface area (Å²) in [7, 11) is 0. The predicted octanol–water partition coefficient (Wildman–Crippen LogP) is -0.0233. The zero-order chi connectivity index (χ0) is 6.27. The van der Waals surface area contributed by atoms with Crippen LogP contribution in [0.1, 0.15) is 12.8 Å². The molecule has 2 nitrogen and oxygen atoms in total. The van der Waals surface area contributed by atoms with Gasteiger partial charge >= 0.3 is 0 Å². The van der Waals surface area contributed by atoms with Gasteiger partial charge in [-0.1, -0.05) is 0 Å². The van der Waals surface area contributed by atoms with Gasteiger partial charge in [0.2, 0.25) is 0 Å². The van der Waals surface area contributed by atoms with Crippen molar-refractivity contribution in [1.82, 2.24) is 5.32 Å². The van der Waals surface area contributed by atoms with Crippen LogP contribution in [0, 0.1) is 11.8 Å². The van der Waals surface area contributed by atoms with Crippen molar-refractivity contribution in [2.75, 3.05) is 13.1 Å². The normalized spacial score (nSPS) is 49.7. The van der Waals surface area contributed by atoms with Crippen LogP contribution in [-0.2, 0) is 0 Å². The summed E-state index contributed by atoms with van der Waals surface area (Å²) in [6.07, 6.45) is 2.49. The summed E-state index contributed by atoms with van der Waals surface area (Å²) < 4.78 is 0. The number of piperidine rings is 1. The Morgan fingerprint density at radius 3 is 2.11 bits per heavy atom. The van der Waals surface area contributed by atoms with Crippen molar-refractivity contribution < 1.29 is 5.11 Å². The van der Waals surface area contributed by atoms with Gasteiger partial charge in [0.1, 0.15) is 0 Å². The number of nitrogens with one attached hydrogen (secondary N) is 1. The van der Waals surface area contributed by atoms with Crippen molar-refractivity contribution >= 4 is 0 Å². The number of hydrogen-bond donors (Lipinski definition) is 2. The van der Waals surface area contributed by atoms with E-state index in [1.807, 2.05) is 0 Å². The highest BCUT2D eigenvalue weighted by molar-refractivity contribution is 4.90. The fourth-order valence-electron chi connectivity index (χ4n) is 2.05. The third kappa shape index (κ3) is 0.775. The number of hydrogen-bond acceptors (Lipinski definition) is 2.